The molecule has 3 heteroatoms. The first-order chi connectivity index (χ1) is 10.1. The third kappa shape index (κ3) is 2.58. The highest BCUT2D eigenvalue weighted by Crippen LogP contribution is 2.36. The Hall–Kier alpha value is -1.74. The van der Waals surface area contributed by atoms with Gasteiger partial charge in [0.2, 0.25) is 0 Å². The van der Waals surface area contributed by atoms with E-state index in [1.54, 1.807) is 25.1 Å². The SMILES string of the molecule is Cc1ccc(C(Br)c2ccc(F)c3ccccc23)cc1F. The van der Waals surface area contributed by atoms with E-state index in [0.29, 0.717) is 10.9 Å². The van der Waals surface area contributed by atoms with Crippen LogP contribution in [0.5, 0.6) is 0 Å². The average Bonchev–Trinajstić information content (AvgIpc) is 2.50. The van der Waals surface area contributed by atoms with Crippen molar-refractivity contribution >= 4 is 26.7 Å². The summed E-state index contributed by atoms with van der Waals surface area (Å²) in [6.45, 7) is 1.73. The second-order valence-electron chi connectivity index (χ2n) is 5.05. The molecule has 0 amide bonds. The normalized spacial score (nSPS) is 12.6. The zero-order valence-corrected chi connectivity index (χ0v) is 13.0. The molecule has 0 spiro atoms. The van der Waals surface area contributed by atoms with Crippen molar-refractivity contribution in [3.8, 4) is 0 Å². The molecule has 0 aromatic heterocycles. The lowest BCUT2D eigenvalue weighted by Crippen LogP contribution is -1.97. The van der Waals surface area contributed by atoms with E-state index in [-0.39, 0.29) is 16.5 Å². The van der Waals surface area contributed by atoms with Crippen LogP contribution in [-0.4, -0.2) is 0 Å². The van der Waals surface area contributed by atoms with Crippen LogP contribution in [0.3, 0.4) is 0 Å². The minimum atomic E-state index is -0.246. The van der Waals surface area contributed by atoms with E-state index in [1.165, 1.54) is 12.1 Å². The van der Waals surface area contributed by atoms with Gasteiger partial charge in [-0.25, -0.2) is 8.78 Å². The van der Waals surface area contributed by atoms with Gasteiger partial charge in [-0.15, -0.1) is 0 Å². The summed E-state index contributed by atoms with van der Waals surface area (Å²) < 4.78 is 27.6. The fraction of sp³-hybridized carbons (Fsp3) is 0.111. The number of aryl methyl sites for hydroxylation is 1. The summed E-state index contributed by atoms with van der Waals surface area (Å²) in [6.07, 6.45) is 0. The number of benzene rings is 3. The number of hydrogen-bond donors (Lipinski definition) is 0. The first-order valence-corrected chi connectivity index (χ1v) is 7.57. The van der Waals surface area contributed by atoms with Gasteiger partial charge >= 0.3 is 0 Å². The van der Waals surface area contributed by atoms with Gasteiger partial charge in [0.15, 0.2) is 0 Å². The summed E-state index contributed by atoms with van der Waals surface area (Å²) in [7, 11) is 0. The van der Waals surface area contributed by atoms with Crippen LogP contribution in [0.2, 0.25) is 0 Å². The van der Waals surface area contributed by atoms with E-state index >= 15 is 0 Å². The van der Waals surface area contributed by atoms with Gasteiger partial charge in [-0.2, -0.15) is 0 Å². The van der Waals surface area contributed by atoms with E-state index in [2.05, 4.69) is 15.9 Å². The van der Waals surface area contributed by atoms with Crippen molar-refractivity contribution in [2.45, 2.75) is 11.8 Å². The Balaban J connectivity index is 2.15. The molecule has 0 fully saturated rings. The van der Waals surface area contributed by atoms with E-state index in [9.17, 15) is 8.78 Å². The van der Waals surface area contributed by atoms with Crippen LogP contribution in [0.1, 0.15) is 21.5 Å². The van der Waals surface area contributed by atoms with Crippen LogP contribution in [0.15, 0.2) is 54.6 Å². The van der Waals surface area contributed by atoms with Crippen molar-refractivity contribution in [3.63, 3.8) is 0 Å². The minimum Gasteiger partial charge on any atom is -0.207 e. The monoisotopic (exact) mass is 346 g/mol. The van der Waals surface area contributed by atoms with Gasteiger partial charge in [0.05, 0.1) is 4.83 Å². The van der Waals surface area contributed by atoms with E-state index < -0.39 is 0 Å². The Morgan fingerprint density at radius 1 is 0.857 bits per heavy atom. The number of fused-ring (bicyclic) bond motifs is 1. The van der Waals surface area contributed by atoms with Crippen LogP contribution in [-0.2, 0) is 0 Å². The second kappa shape index (κ2) is 5.57. The lowest BCUT2D eigenvalue weighted by molar-refractivity contribution is 0.616. The molecule has 3 aromatic carbocycles. The van der Waals surface area contributed by atoms with Crippen LogP contribution in [0.25, 0.3) is 10.8 Å². The van der Waals surface area contributed by atoms with Gasteiger partial charge in [-0.3, -0.25) is 0 Å². The summed E-state index contributed by atoms with van der Waals surface area (Å²) in [4.78, 5) is -0.182. The molecule has 3 aromatic rings. The standard InChI is InChI=1S/C18H13BrF2/c1-11-6-7-12(10-17(11)21)18(19)15-8-9-16(20)14-5-3-2-4-13(14)15/h2-10,18H,1H3. The Labute approximate surface area is 130 Å². The van der Waals surface area contributed by atoms with E-state index in [4.69, 9.17) is 0 Å². The van der Waals surface area contributed by atoms with Gasteiger partial charge in [-0.1, -0.05) is 58.4 Å². The topological polar surface area (TPSA) is 0 Å². The minimum absolute atomic E-state index is 0.182. The number of hydrogen-bond acceptors (Lipinski definition) is 0. The fourth-order valence-corrected chi connectivity index (χ4v) is 3.14. The fourth-order valence-electron chi connectivity index (χ4n) is 2.45. The molecule has 0 saturated heterocycles. The highest BCUT2D eigenvalue weighted by Gasteiger charge is 2.16. The van der Waals surface area contributed by atoms with Crippen molar-refractivity contribution in [3.05, 3.63) is 82.9 Å². The maximum absolute atomic E-state index is 13.9. The number of halogens is 3. The molecule has 106 valence electrons. The zero-order valence-electron chi connectivity index (χ0n) is 11.4. The molecule has 0 heterocycles. The predicted octanol–water partition coefficient (Wildman–Crippen LogP) is 5.91. The first-order valence-electron chi connectivity index (χ1n) is 6.65. The molecule has 0 aliphatic heterocycles. The van der Waals surface area contributed by atoms with Crippen molar-refractivity contribution in [1.29, 1.82) is 0 Å². The van der Waals surface area contributed by atoms with Crippen molar-refractivity contribution in [2.24, 2.45) is 0 Å². The van der Waals surface area contributed by atoms with Gasteiger partial charge in [0.1, 0.15) is 11.6 Å². The molecule has 21 heavy (non-hydrogen) atoms. The summed E-state index contributed by atoms with van der Waals surface area (Å²) in [5.41, 5.74) is 2.35. The molecule has 0 nitrogen and oxygen atoms in total. The largest absolute Gasteiger partial charge is 0.207 e. The van der Waals surface area contributed by atoms with E-state index in [0.717, 1.165) is 16.5 Å². The van der Waals surface area contributed by atoms with Crippen molar-refractivity contribution in [1.82, 2.24) is 0 Å². The van der Waals surface area contributed by atoms with Gasteiger partial charge in [0.25, 0.3) is 0 Å². The highest BCUT2D eigenvalue weighted by atomic mass is 79.9. The third-order valence-corrected chi connectivity index (χ3v) is 4.69. The Kier molecular flexibility index (Phi) is 3.77. The maximum Gasteiger partial charge on any atom is 0.131 e. The average molecular weight is 347 g/mol. The molecular formula is C18H13BrF2. The molecule has 0 N–H and O–H groups in total. The Morgan fingerprint density at radius 2 is 1.57 bits per heavy atom. The summed E-state index contributed by atoms with van der Waals surface area (Å²) in [5.74, 6) is -0.479. The van der Waals surface area contributed by atoms with Crippen LogP contribution < -0.4 is 0 Å². The second-order valence-corrected chi connectivity index (χ2v) is 5.97. The number of rotatable bonds is 2. The molecule has 0 bridgehead atoms. The summed E-state index contributed by atoms with van der Waals surface area (Å²) >= 11 is 3.61. The molecule has 0 aliphatic carbocycles. The molecule has 0 aliphatic rings. The quantitative estimate of drug-likeness (QED) is 0.506. The molecular weight excluding hydrogens is 334 g/mol. The van der Waals surface area contributed by atoms with Crippen molar-refractivity contribution in [2.75, 3.05) is 0 Å². The van der Waals surface area contributed by atoms with Crippen LogP contribution in [0.4, 0.5) is 8.78 Å². The van der Waals surface area contributed by atoms with E-state index in [1.807, 2.05) is 24.3 Å². The Bertz CT molecular complexity index is 811. The predicted molar refractivity (Wildman–Crippen MR) is 85.8 cm³/mol. The first kappa shape index (κ1) is 14.2. The number of alkyl halides is 1. The lowest BCUT2D eigenvalue weighted by Gasteiger charge is -2.15. The summed E-state index contributed by atoms with van der Waals surface area (Å²) in [5, 5.41) is 1.41. The molecule has 1 atom stereocenters. The summed E-state index contributed by atoms with van der Waals surface area (Å²) in [6, 6.07) is 15.7. The molecule has 0 saturated carbocycles. The molecule has 3 rings (SSSR count). The van der Waals surface area contributed by atoms with Gasteiger partial charge < -0.3 is 0 Å². The third-order valence-electron chi connectivity index (χ3n) is 3.67. The Morgan fingerprint density at radius 3 is 2.29 bits per heavy atom. The van der Waals surface area contributed by atoms with Crippen LogP contribution >= 0.6 is 15.9 Å². The lowest BCUT2D eigenvalue weighted by atomic mass is 9.97. The van der Waals surface area contributed by atoms with Gasteiger partial charge in [-0.05, 0) is 41.1 Å². The van der Waals surface area contributed by atoms with Gasteiger partial charge in [0, 0.05) is 5.39 Å². The highest BCUT2D eigenvalue weighted by molar-refractivity contribution is 9.09. The zero-order chi connectivity index (χ0) is 15.0. The maximum atomic E-state index is 13.9. The molecule has 1 unspecified atom stereocenters. The van der Waals surface area contributed by atoms with Crippen molar-refractivity contribution < 1.29 is 8.78 Å². The molecule has 0 radical (unpaired) electrons. The smallest absolute Gasteiger partial charge is 0.131 e. The van der Waals surface area contributed by atoms with Crippen LogP contribution in [0, 0.1) is 18.6 Å².